The van der Waals surface area contributed by atoms with Gasteiger partial charge in [-0.05, 0) is 37.1 Å². The normalized spacial score (nSPS) is 10.6. The van der Waals surface area contributed by atoms with Crippen molar-refractivity contribution in [1.29, 1.82) is 0 Å². The van der Waals surface area contributed by atoms with E-state index in [1.54, 1.807) is 31.2 Å². The number of esters is 1. The summed E-state index contributed by atoms with van der Waals surface area (Å²) in [5.74, 6) is 0.460. The summed E-state index contributed by atoms with van der Waals surface area (Å²) >= 11 is 0. The lowest BCUT2D eigenvalue weighted by Crippen LogP contribution is -2.11. The second-order valence-corrected chi connectivity index (χ2v) is 7.29. The lowest BCUT2D eigenvalue weighted by molar-refractivity contribution is -0.384. The van der Waals surface area contributed by atoms with E-state index >= 15 is 0 Å². The number of hydrogen-bond acceptors (Lipinski definition) is 8. The van der Waals surface area contributed by atoms with Crippen molar-refractivity contribution in [2.24, 2.45) is 0 Å². The fourth-order valence-electron chi connectivity index (χ4n) is 3.44. The fourth-order valence-corrected chi connectivity index (χ4v) is 3.44. The summed E-state index contributed by atoms with van der Waals surface area (Å²) in [7, 11) is 0. The monoisotopic (exact) mass is 458 g/mol. The van der Waals surface area contributed by atoms with Crippen molar-refractivity contribution < 1.29 is 19.2 Å². The van der Waals surface area contributed by atoms with Gasteiger partial charge in [0.05, 0.1) is 28.8 Å². The van der Waals surface area contributed by atoms with Crippen molar-refractivity contribution in [3.05, 3.63) is 88.2 Å². The maximum atomic E-state index is 12.3. The first-order valence-corrected chi connectivity index (χ1v) is 10.7. The SMILES string of the molecule is CCOC(=O)c1nc(Nc2cc(Oc3ccccc3CC)cc([N+](=O)[O-])c2)c2ccccc2n1. The van der Waals surface area contributed by atoms with E-state index in [1.807, 2.05) is 37.3 Å². The van der Waals surface area contributed by atoms with Crippen LogP contribution in [0.1, 0.15) is 30.0 Å². The third-order valence-corrected chi connectivity index (χ3v) is 5.01. The highest BCUT2D eigenvalue weighted by atomic mass is 16.6. The van der Waals surface area contributed by atoms with Crippen LogP contribution in [0.5, 0.6) is 11.5 Å². The Morgan fingerprint density at radius 3 is 2.56 bits per heavy atom. The van der Waals surface area contributed by atoms with E-state index in [0.717, 1.165) is 12.0 Å². The molecule has 0 spiro atoms. The summed E-state index contributed by atoms with van der Waals surface area (Å²) < 4.78 is 11.0. The minimum atomic E-state index is -0.657. The van der Waals surface area contributed by atoms with Crippen molar-refractivity contribution in [3.63, 3.8) is 0 Å². The average Bonchev–Trinajstić information content (AvgIpc) is 2.84. The molecule has 3 aromatic carbocycles. The zero-order chi connectivity index (χ0) is 24.1. The summed E-state index contributed by atoms with van der Waals surface area (Å²) in [5.41, 5.74) is 1.72. The molecule has 9 nitrogen and oxygen atoms in total. The van der Waals surface area contributed by atoms with Gasteiger partial charge >= 0.3 is 5.97 Å². The summed E-state index contributed by atoms with van der Waals surface area (Å²) in [5, 5.41) is 15.3. The number of carbonyl (C=O) groups excluding carboxylic acids is 1. The highest BCUT2D eigenvalue weighted by Gasteiger charge is 2.17. The van der Waals surface area contributed by atoms with Crippen LogP contribution in [0.25, 0.3) is 10.9 Å². The number of non-ortho nitro benzene ring substituents is 1. The molecule has 1 aromatic heterocycles. The van der Waals surface area contributed by atoms with E-state index in [-0.39, 0.29) is 18.1 Å². The molecule has 34 heavy (non-hydrogen) atoms. The Balaban J connectivity index is 1.76. The van der Waals surface area contributed by atoms with Crippen LogP contribution in [0, 0.1) is 10.1 Å². The van der Waals surface area contributed by atoms with Gasteiger partial charge in [0.25, 0.3) is 5.69 Å². The van der Waals surface area contributed by atoms with Crippen LogP contribution < -0.4 is 10.1 Å². The molecule has 0 aliphatic rings. The number of fused-ring (bicyclic) bond motifs is 1. The van der Waals surface area contributed by atoms with E-state index in [1.165, 1.54) is 12.1 Å². The summed E-state index contributed by atoms with van der Waals surface area (Å²) in [6.07, 6.45) is 0.750. The Kier molecular flexibility index (Phi) is 6.63. The maximum Gasteiger partial charge on any atom is 0.376 e. The Hall–Kier alpha value is -4.53. The number of hydrogen-bond donors (Lipinski definition) is 1. The van der Waals surface area contributed by atoms with Gasteiger partial charge < -0.3 is 14.8 Å². The van der Waals surface area contributed by atoms with Crippen molar-refractivity contribution >= 4 is 34.1 Å². The van der Waals surface area contributed by atoms with Gasteiger partial charge in [-0.2, -0.15) is 0 Å². The Labute approximate surface area is 195 Å². The molecule has 0 saturated heterocycles. The van der Waals surface area contributed by atoms with Crippen molar-refractivity contribution in [1.82, 2.24) is 9.97 Å². The third kappa shape index (κ3) is 4.93. The number of carbonyl (C=O) groups is 1. The smallest absolute Gasteiger partial charge is 0.376 e. The topological polar surface area (TPSA) is 116 Å². The molecule has 0 aliphatic heterocycles. The first kappa shape index (κ1) is 22.7. The highest BCUT2D eigenvalue weighted by molar-refractivity contribution is 5.95. The van der Waals surface area contributed by atoms with E-state index < -0.39 is 10.9 Å². The number of rotatable bonds is 8. The number of anilines is 2. The van der Waals surface area contributed by atoms with Gasteiger partial charge in [-0.1, -0.05) is 37.3 Å². The minimum Gasteiger partial charge on any atom is -0.460 e. The molecule has 0 unspecified atom stereocenters. The van der Waals surface area contributed by atoms with E-state index in [4.69, 9.17) is 9.47 Å². The highest BCUT2D eigenvalue weighted by Crippen LogP contribution is 2.33. The molecule has 9 heteroatoms. The third-order valence-electron chi connectivity index (χ3n) is 5.01. The van der Waals surface area contributed by atoms with Gasteiger partial charge in [-0.3, -0.25) is 10.1 Å². The fraction of sp³-hybridized carbons (Fsp3) is 0.160. The Morgan fingerprint density at radius 2 is 1.79 bits per heavy atom. The lowest BCUT2D eigenvalue weighted by atomic mass is 10.1. The number of aryl methyl sites for hydroxylation is 1. The average molecular weight is 458 g/mol. The first-order chi connectivity index (χ1) is 16.5. The molecule has 0 saturated carbocycles. The molecule has 0 atom stereocenters. The van der Waals surface area contributed by atoms with Crippen LogP contribution in [0.15, 0.2) is 66.7 Å². The molecule has 0 fully saturated rings. The molecule has 1 heterocycles. The standard InChI is InChI=1S/C25H22N4O5/c1-3-16-9-5-8-12-22(16)34-19-14-17(13-18(15-19)29(31)32)26-23-20-10-6-7-11-21(20)27-24(28-23)25(30)33-4-2/h5-15H,3-4H2,1-2H3,(H,26,27,28). The van der Waals surface area contributed by atoms with E-state index in [9.17, 15) is 14.9 Å². The number of nitrogens with zero attached hydrogens (tertiary/aromatic N) is 3. The number of ether oxygens (including phenoxy) is 2. The van der Waals surface area contributed by atoms with Gasteiger partial charge in [-0.25, -0.2) is 14.8 Å². The van der Waals surface area contributed by atoms with Crippen LogP contribution >= 0.6 is 0 Å². The minimum absolute atomic E-state index is 0.109. The van der Waals surface area contributed by atoms with Gasteiger partial charge in [0.15, 0.2) is 0 Å². The van der Waals surface area contributed by atoms with Crippen molar-refractivity contribution in [3.8, 4) is 11.5 Å². The van der Waals surface area contributed by atoms with Crippen molar-refractivity contribution in [2.45, 2.75) is 20.3 Å². The number of para-hydroxylation sites is 2. The van der Waals surface area contributed by atoms with Crippen LogP contribution in [0.4, 0.5) is 17.2 Å². The molecule has 0 radical (unpaired) electrons. The van der Waals surface area contributed by atoms with E-state index in [2.05, 4.69) is 15.3 Å². The van der Waals surface area contributed by atoms with Gasteiger partial charge in [0.2, 0.25) is 5.82 Å². The van der Waals surface area contributed by atoms with E-state index in [0.29, 0.717) is 33.9 Å². The molecular weight excluding hydrogens is 436 g/mol. The number of benzene rings is 3. The predicted molar refractivity (Wildman–Crippen MR) is 128 cm³/mol. The second kappa shape index (κ2) is 9.95. The molecule has 1 N–H and O–H groups in total. The van der Waals surface area contributed by atoms with Crippen LogP contribution in [0.2, 0.25) is 0 Å². The number of aromatic nitrogens is 2. The molecule has 0 aliphatic carbocycles. The Morgan fingerprint density at radius 1 is 1.03 bits per heavy atom. The molecule has 4 aromatic rings. The Bertz CT molecular complexity index is 1370. The van der Waals surface area contributed by atoms with Crippen LogP contribution in [0.3, 0.4) is 0 Å². The zero-order valence-corrected chi connectivity index (χ0v) is 18.6. The maximum absolute atomic E-state index is 12.3. The lowest BCUT2D eigenvalue weighted by Gasteiger charge is -2.13. The predicted octanol–water partition coefficient (Wildman–Crippen LogP) is 5.81. The van der Waals surface area contributed by atoms with Gasteiger partial charge in [-0.15, -0.1) is 0 Å². The molecule has 172 valence electrons. The zero-order valence-electron chi connectivity index (χ0n) is 18.6. The van der Waals surface area contributed by atoms with Gasteiger partial charge in [0, 0.05) is 17.5 Å². The first-order valence-electron chi connectivity index (χ1n) is 10.7. The van der Waals surface area contributed by atoms with Crippen molar-refractivity contribution in [2.75, 3.05) is 11.9 Å². The molecule has 0 amide bonds. The number of nitro benzene ring substituents is 1. The largest absolute Gasteiger partial charge is 0.460 e. The van der Waals surface area contributed by atoms with Crippen LogP contribution in [-0.2, 0) is 11.2 Å². The molecule has 0 bridgehead atoms. The summed E-state index contributed by atoms with van der Waals surface area (Å²) in [4.78, 5) is 32.0. The van der Waals surface area contributed by atoms with Crippen LogP contribution in [-0.4, -0.2) is 27.5 Å². The quantitative estimate of drug-likeness (QED) is 0.200. The molecule has 4 rings (SSSR count). The number of nitrogens with one attached hydrogen (secondary N) is 1. The second-order valence-electron chi connectivity index (χ2n) is 7.29. The van der Waals surface area contributed by atoms with Gasteiger partial charge in [0.1, 0.15) is 17.3 Å². The number of nitro groups is 1. The summed E-state index contributed by atoms with van der Waals surface area (Å²) in [6.45, 7) is 3.88. The summed E-state index contributed by atoms with van der Waals surface area (Å²) in [6, 6.07) is 19.0. The molecular formula is C25H22N4O5.